The zero-order chi connectivity index (χ0) is 19.0. The van der Waals surface area contributed by atoms with Crippen molar-refractivity contribution in [3.63, 3.8) is 0 Å². The number of fused-ring (bicyclic) bond motifs is 1. The van der Waals surface area contributed by atoms with Crippen molar-refractivity contribution in [1.29, 1.82) is 0 Å². The Morgan fingerprint density at radius 2 is 1.78 bits per heavy atom. The van der Waals surface area contributed by atoms with Gasteiger partial charge in [-0.3, -0.25) is 4.98 Å². The molecule has 0 unspecified atom stereocenters. The largest absolute Gasteiger partial charge is 0.481 e. The van der Waals surface area contributed by atoms with E-state index >= 15 is 0 Å². The lowest BCUT2D eigenvalue weighted by Gasteiger charge is -2.09. The van der Waals surface area contributed by atoms with Gasteiger partial charge in [0.05, 0.1) is 29.4 Å². The molecule has 27 heavy (non-hydrogen) atoms. The number of benzene rings is 1. The normalized spacial score (nSPS) is 11.6. The maximum Gasteiger partial charge on any atom is 0.268 e. The molecule has 6 nitrogen and oxygen atoms in total. The predicted molar refractivity (Wildman–Crippen MR) is 103 cm³/mol. The molecule has 3 heterocycles. The van der Waals surface area contributed by atoms with E-state index in [-0.39, 0.29) is 4.90 Å². The summed E-state index contributed by atoms with van der Waals surface area (Å²) in [5, 5.41) is 0.787. The molecule has 0 saturated carbocycles. The first-order valence-corrected chi connectivity index (χ1v) is 9.73. The van der Waals surface area contributed by atoms with Crippen LogP contribution in [0.5, 0.6) is 5.88 Å². The first-order chi connectivity index (χ1) is 13.0. The van der Waals surface area contributed by atoms with Crippen LogP contribution in [-0.4, -0.2) is 29.5 Å². The maximum absolute atomic E-state index is 12.9. The Morgan fingerprint density at radius 3 is 2.48 bits per heavy atom. The summed E-state index contributed by atoms with van der Waals surface area (Å²) in [6, 6.07) is 13.8. The SMILES string of the molecule is COc1cc(C)c(-c2cc3ccn(S(=O)(=O)c4ccccc4)c3cn2)cn1. The molecule has 0 spiro atoms. The van der Waals surface area contributed by atoms with Crippen molar-refractivity contribution >= 4 is 20.9 Å². The monoisotopic (exact) mass is 379 g/mol. The van der Waals surface area contributed by atoms with E-state index in [4.69, 9.17) is 4.74 Å². The first kappa shape index (κ1) is 17.2. The lowest BCUT2D eigenvalue weighted by atomic mass is 10.1. The molecule has 0 atom stereocenters. The first-order valence-electron chi connectivity index (χ1n) is 8.29. The van der Waals surface area contributed by atoms with Crippen molar-refractivity contribution in [1.82, 2.24) is 13.9 Å². The molecule has 136 valence electrons. The molecular formula is C20H17N3O3S. The van der Waals surface area contributed by atoms with E-state index in [0.717, 1.165) is 22.2 Å². The standard InChI is InChI=1S/C20H17N3O3S/c1-14-10-20(26-2)22-12-17(14)18-11-15-8-9-23(19(15)13-21-18)27(24,25)16-6-4-3-5-7-16/h3-13H,1-2H3. The molecule has 3 aromatic heterocycles. The molecular weight excluding hydrogens is 362 g/mol. The van der Waals surface area contributed by atoms with Crippen molar-refractivity contribution in [3.8, 4) is 17.1 Å². The highest BCUT2D eigenvalue weighted by atomic mass is 32.2. The van der Waals surface area contributed by atoms with Gasteiger partial charge in [0.2, 0.25) is 5.88 Å². The summed E-state index contributed by atoms with van der Waals surface area (Å²) >= 11 is 0. The van der Waals surface area contributed by atoms with Gasteiger partial charge in [-0.15, -0.1) is 0 Å². The number of nitrogens with zero attached hydrogens (tertiary/aromatic N) is 3. The summed E-state index contributed by atoms with van der Waals surface area (Å²) in [5.41, 5.74) is 3.10. The molecule has 7 heteroatoms. The average Bonchev–Trinajstić information content (AvgIpc) is 3.12. The molecule has 0 N–H and O–H groups in total. The van der Waals surface area contributed by atoms with Gasteiger partial charge in [-0.05, 0) is 36.8 Å². The quantitative estimate of drug-likeness (QED) is 0.541. The lowest BCUT2D eigenvalue weighted by Crippen LogP contribution is -2.11. The molecule has 0 aliphatic rings. The van der Waals surface area contributed by atoms with Gasteiger partial charge in [-0.25, -0.2) is 17.4 Å². The highest BCUT2D eigenvalue weighted by molar-refractivity contribution is 7.90. The number of hydrogen-bond acceptors (Lipinski definition) is 5. The van der Waals surface area contributed by atoms with E-state index in [0.29, 0.717) is 11.4 Å². The third kappa shape index (κ3) is 2.96. The number of aryl methyl sites for hydroxylation is 1. The Balaban J connectivity index is 1.81. The number of aromatic nitrogens is 3. The van der Waals surface area contributed by atoms with E-state index in [1.54, 1.807) is 62.1 Å². The highest BCUT2D eigenvalue weighted by Gasteiger charge is 2.19. The van der Waals surface area contributed by atoms with Crippen LogP contribution in [0, 0.1) is 6.92 Å². The van der Waals surface area contributed by atoms with Crippen molar-refractivity contribution < 1.29 is 13.2 Å². The summed E-state index contributed by atoms with van der Waals surface area (Å²) in [6.07, 6.45) is 4.84. The van der Waals surface area contributed by atoms with Gasteiger partial charge >= 0.3 is 0 Å². The zero-order valence-corrected chi connectivity index (χ0v) is 15.6. The maximum atomic E-state index is 12.9. The number of hydrogen-bond donors (Lipinski definition) is 0. The van der Waals surface area contributed by atoms with Gasteiger partial charge < -0.3 is 4.74 Å². The topological polar surface area (TPSA) is 74.1 Å². The molecule has 0 amide bonds. The van der Waals surface area contributed by atoms with Crippen LogP contribution in [0.25, 0.3) is 22.2 Å². The van der Waals surface area contributed by atoms with Gasteiger partial charge in [0, 0.05) is 29.4 Å². The molecule has 0 aliphatic carbocycles. The Morgan fingerprint density at radius 1 is 1.00 bits per heavy atom. The summed E-state index contributed by atoms with van der Waals surface area (Å²) in [4.78, 5) is 8.94. The van der Waals surface area contributed by atoms with Crippen LogP contribution in [0.15, 0.2) is 72.0 Å². The van der Waals surface area contributed by atoms with Crippen molar-refractivity contribution in [2.24, 2.45) is 0 Å². The van der Waals surface area contributed by atoms with E-state index in [1.165, 1.54) is 3.97 Å². The van der Waals surface area contributed by atoms with Gasteiger partial charge in [-0.2, -0.15) is 0 Å². The van der Waals surface area contributed by atoms with Crippen LogP contribution in [0.1, 0.15) is 5.56 Å². The van der Waals surface area contributed by atoms with Crippen LogP contribution in [0.2, 0.25) is 0 Å². The molecule has 0 fully saturated rings. The fourth-order valence-electron chi connectivity index (χ4n) is 2.98. The molecule has 1 aromatic carbocycles. The molecule has 0 saturated heterocycles. The number of methoxy groups -OCH3 is 1. The smallest absolute Gasteiger partial charge is 0.268 e. The summed E-state index contributed by atoms with van der Waals surface area (Å²) in [5.74, 6) is 0.539. The fourth-order valence-corrected chi connectivity index (χ4v) is 4.34. The third-order valence-electron chi connectivity index (χ3n) is 4.41. The minimum Gasteiger partial charge on any atom is -0.481 e. The van der Waals surface area contributed by atoms with E-state index in [9.17, 15) is 8.42 Å². The van der Waals surface area contributed by atoms with E-state index in [1.807, 2.05) is 19.1 Å². The Hall–Kier alpha value is -3.19. The lowest BCUT2D eigenvalue weighted by molar-refractivity contribution is 0.397. The van der Waals surface area contributed by atoms with Crippen molar-refractivity contribution in [2.75, 3.05) is 7.11 Å². The highest BCUT2D eigenvalue weighted by Crippen LogP contribution is 2.28. The second kappa shape index (κ2) is 6.51. The molecule has 4 aromatic rings. The number of rotatable bonds is 4. The van der Waals surface area contributed by atoms with Crippen LogP contribution in [0.3, 0.4) is 0 Å². The van der Waals surface area contributed by atoms with Crippen molar-refractivity contribution in [2.45, 2.75) is 11.8 Å². The van der Waals surface area contributed by atoms with E-state index < -0.39 is 10.0 Å². The summed E-state index contributed by atoms with van der Waals surface area (Å²) in [7, 11) is -2.10. The third-order valence-corrected chi connectivity index (χ3v) is 6.12. The van der Waals surface area contributed by atoms with Gasteiger partial charge in [0.1, 0.15) is 0 Å². The number of ether oxygens (including phenoxy) is 1. The summed E-state index contributed by atoms with van der Waals surface area (Å²) < 4.78 is 32.2. The van der Waals surface area contributed by atoms with Crippen LogP contribution in [0.4, 0.5) is 0 Å². The van der Waals surface area contributed by atoms with Gasteiger partial charge in [0.15, 0.2) is 0 Å². The molecule has 4 rings (SSSR count). The second-order valence-corrected chi connectivity index (χ2v) is 7.91. The van der Waals surface area contributed by atoms with Crippen LogP contribution in [-0.2, 0) is 10.0 Å². The zero-order valence-electron chi connectivity index (χ0n) is 14.8. The Kier molecular flexibility index (Phi) is 4.16. The minimum atomic E-state index is -3.67. The number of pyridine rings is 2. The van der Waals surface area contributed by atoms with Gasteiger partial charge in [-0.1, -0.05) is 18.2 Å². The van der Waals surface area contributed by atoms with Crippen molar-refractivity contribution in [3.05, 3.63) is 72.7 Å². The van der Waals surface area contributed by atoms with Crippen LogP contribution < -0.4 is 4.74 Å². The second-order valence-electron chi connectivity index (χ2n) is 6.10. The average molecular weight is 379 g/mol. The molecule has 0 aliphatic heterocycles. The minimum absolute atomic E-state index is 0.238. The molecule has 0 radical (unpaired) electrons. The molecule has 0 bridgehead atoms. The predicted octanol–water partition coefficient (Wildman–Crippen LogP) is 3.65. The van der Waals surface area contributed by atoms with E-state index in [2.05, 4.69) is 9.97 Å². The van der Waals surface area contributed by atoms with Crippen LogP contribution >= 0.6 is 0 Å². The Bertz CT molecular complexity index is 1230. The Labute approximate surface area is 157 Å². The fraction of sp³-hybridized carbons (Fsp3) is 0.100. The summed E-state index contributed by atoms with van der Waals surface area (Å²) in [6.45, 7) is 1.95. The van der Waals surface area contributed by atoms with Gasteiger partial charge in [0.25, 0.3) is 10.0 Å².